The van der Waals surface area contributed by atoms with E-state index in [9.17, 15) is 0 Å². The predicted octanol–water partition coefficient (Wildman–Crippen LogP) is 1.92. The molecule has 0 spiro atoms. The Hall–Kier alpha value is -2.27. The molecule has 2 rings (SSSR count). The van der Waals surface area contributed by atoms with Gasteiger partial charge in [0.1, 0.15) is 0 Å². The summed E-state index contributed by atoms with van der Waals surface area (Å²) in [6.07, 6.45) is 3.43. The molecule has 1 aromatic heterocycles. The lowest BCUT2D eigenvalue weighted by Crippen LogP contribution is -2.23. The molecule has 0 radical (unpaired) electrons. The van der Waals surface area contributed by atoms with Gasteiger partial charge in [-0.25, -0.2) is 0 Å². The molecule has 3 N–H and O–H groups in total. The Kier molecular flexibility index (Phi) is 3.98. The first kappa shape index (κ1) is 12.2. The van der Waals surface area contributed by atoms with E-state index in [1.807, 2.05) is 42.5 Å². The highest BCUT2D eigenvalue weighted by Gasteiger charge is 1.97. The summed E-state index contributed by atoms with van der Waals surface area (Å²) in [6, 6.07) is 13.7. The van der Waals surface area contributed by atoms with E-state index in [1.54, 1.807) is 12.4 Å². The van der Waals surface area contributed by atoms with Crippen LogP contribution in [-0.4, -0.2) is 16.3 Å². The minimum absolute atomic E-state index is 0.149. The van der Waals surface area contributed by atoms with Crippen molar-refractivity contribution >= 4 is 23.5 Å². The standard InChI is InChI=1S/C13H12N4S/c14-13(18)17-16-9-10-4-6-11(7-5-10)12-3-1-2-8-15-12/h1-9H,(H3,14,17,18). The number of nitrogens with two attached hydrogens (primary N) is 1. The van der Waals surface area contributed by atoms with Crippen molar-refractivity contribution in [2.45, 2.75) is 0 Å². The maximum Gasteiger partial charge on any atom is 0.184 e. The largest absolute Gasteiger partial charge is 0.375 e. The molecule has 4 nitrogen and oxygen atoms in total. The van der Waals surface area contributed by atoms with E-state index in [-0.39, 0.29) is 5.11 Å². The summed E-state index contributed by atoms with van der Waals surface area (Å²) in [5.74, 6) is 0. The fraction of sp³-hybridized carbons (Fsp3) is 0. The second-order valence-electron chi connectivity index (χ2n) is 3.57. The third kappa shape index (κ3) is 3.36. The van der Waals surface area contributed by atoms with Crippen molar-refractivity contribution in [3.63, 3.8) is 0 Å². The van der Waals surface area contributed by atoms with Crippen LogP contribution in [-0.2, 0) is 0 Å². The first-order chi connectivity index (χ1) is 8.75. The van der Waals surface area contributed by atoms with E-state index in [1.165, 1.54) is 0 Å². The van der Waals surface area contributed by atoms with Crippen LogP contribution in [0.25, 0.3) is 11.3 Å². The van der Waals surface area contributed by atoms with Crippen LogP contribution in [0.2, 0.25) is 0 Å². The lowest BCUT2D eigenvalue weighted by Gasteiger charge is -2.00. The molecule has 2 aromatic rings. The minimum Gasteiger partial charge on any atom is -0.375 e. The second-order valence-corrected chi connectivity index (χ2v) is 4.01. The molecular weight excluding hydrogens is 244 g/mol. The highest BCUT2D eigenvalue weighted by molar-refractivity contribution is 7.80. The molecule has 1 heterocycles. The first-order valence-electron chi connectivity index (χ1n) is 5.36. The Bertz CT molecular complexity index is 549. The number of rotatable bonds is 3. The fourth-order valence-electron chi connectivity index (χ4n) is 1.44. The average molecular weight is 256 g/mol. The number of hydrogen-bond acceptors (Lipinski definition) is 3. The molecule has 0 saturated carbocycles. The molecule has 0 bridgehead atoms. The summed E-state index contributed by atoms with van der Waals surface area (Å²) in [5.41, 5.74) is 10.7. The van der Waals surface area contributed by atoms with Crippen LogP contribution in [0, 0.1) is 0 Å². The van der Waals surface area contributed by atoms with E-state index in [4.69, 9.17) is 5.73 Å². The third-order valence-electron chi connectivity index (χ3n) is 2.26. The van der Waals surface area contributed by atoms with E-state index in [2.05, 4.69) is 27.7 Å². The summed E-state index contributed by atoms with van der Waals surface area (Å²) in [7, 11) is 0. The van der Waals surface area contributed by atoms with E-state index in [0.29, 0.717) is 0 Å². The summed E-state index contributed by atoms with van der Waals surface area (Å²) < 4.78 is 0. The minimum atomic E-state index is 0.149. The molecule has 0 unspecified atom stereocenters. The van der Waals surface area contributed by atoms with Crippen LogP contribution in [0.3, 0.4) is 0 Å². The van der Waals surface area contributed by atoms with Gasteiger partial charge in [-0.15, -0.1) is 0 Å². The van der Waals surface area contributed by atoms with E-state index >= 15 is 0 Å². The smallest absolute Gasteiger partial charge is 0.184 e. The van der Waals surface area contributed by atoms with Gasteiger partial charge in [0.2, 0.25) is 0 Å². The van der Waals surface area contributed by atoms with Crippen molar-refractivity contribution in [3.05, 3.63) is 54.2 Å². The average Bonchev–Trinajstić information content (AvgIpc) is 2.40. The van der Waals surface area contributed by atoms with Crippen LogP contribution < -0.4 is 11.2 Å². The zero-order valence-electron chi connectivity index (χ0n) is 9.58. The van der Waals surface area contributed by atoms with Gasteiger partial charge in [-0.2, -0.15) is 5.10 Å². The molecule has 0 aliphatic carbocycles. The Morgan fingerprint density at radius 2 is 2.00 bits per heavy atom. The fourth-order valence-corrected chi connectivity index (χ4v) is 1.50. The Labute approximate surface area is 111 Å². The molecule has 90 valence electrons. The van der Waals surface area contributed by atoms with Gasteiger partial charge in [-0.1, -0.05) is 30.3 Å². The molecule has 5 heteroatoms. The van der Waals surface area contributed by atoms with Crippen LogP contribution in [0.1, 0.15) is 5.56 Å². The quantitative estimate of drug-likeness (QED) is 0.500. The number of aromatic nitrogens is 1. The molecule has 0 amide bonds. The van der Waals surface area contributed by atoms with Crippen molar-refractivity contribution in [2.75, 3.05) is 0 Å². The van der Waals surface area contributed by atoms with Crippen molar-refractivity contribution in [1.82, 2.24) is 10.4 Å². The first-order valence-corrected chi connectivity index (χ1v) is 5.76. The number of nitrogens with one attached hydrogen (secondary N) is 1. The topological polar surface area (TPSA) is 63.3 Å². The number of hydrogen-bond donors (Lipinski definition) is 2. The predicted molar refractivity (Wildman–Crippen MR) is 77.2 cm³/mol. The molecule has 18 heavy (non-hydrogen) atoms. The lowest BCUT2D eigenvalue weighted by molar-refractivity contribution is 1.04. The molecule has 0 fully saturated rings. The molecule has 0 saturated heterocycles. The van der Waals surface area contributed by atoms with Crippen molar-refractivity contribution in [3.8, 4) is 11.3 Å². The molecule has 0 atom stereocenters. The van der Waals surface area contributed by atoms with Crippen LogP contribution in [0.5, 0.6) is 0 Å². The molecular formula is C13H12N4S. The van der Waals surface area contributed by atoms with Gasteiger partial charge in [0, 0.05) is 11.8 Å². The molecule has 0 aliphatic rings. The van der Waals surface area contributed by atoms with E-state index in [0.717, 1.165) is 16.8 Å². The maximum absolute atomic E-state index is 5.26. The van der Waals surface area contributed by atoms with Gasteiger partial charge in [-0.3, -0.25) is 10.4 Å². The van der Waals surface area contributed by atoms with Gasteiger partial charge in [-0.05, 0) is 29.9 Å². The SMILES string of the molecule is NC(=S)NN=Cc1ccc(-c2ccccn2)cc1. The normalized spacial score (nSPS) is 10.4. The van der Waals surface area contributed by atoms with Crippen LogP contribution in [0.4, 0.5) is 0 Å². The number of thiocarbonyl (C=S) groups is 1. The maximum atomic E-state index is 5.26. The number of hydrazone groups is 1. The van der Waals surface area contributed by atoms with Gasteiger partial charge in [0.05, 0.1) is 11.9 Å². The Morgan fingerprint density at radius 1 is 1.22 bits per heavy atom. The Morgan fingerprint density at radius 3 is 2.61 bits per heavy atom. The monoisotopic (exact) mass is 256 g/mol. The zero-order chi connectivity index (χ0) is 12.8. The zero-order valence-corrected chi connectivity index (χ0v) is 10.4. The summed E-state index contributed by atoms with van der Waals surface area (Å²) >= 11 is 4.64. The molecule has 0 aliphatic heterocycles. The summed E-state index contributed by atoms with van der Waals surface area (Å²) in [5, 5.41) is 4.04. The molecule has 1 aromatic carbocycles. The van der Waals surface area contributed by atoms with E-state index < -0.39 is 0 Å². The number of benzene rings is 1. The van der Waals surface area contributed by atoms with Crippen molar-refractivity contribution in [1.29, 1.82) is 0 Å². The Balaban J connectivity index is 2.11. The van der Waals surface area contributed by atoms with Gasteiger partial charge < -0.3 is 5.73 Å². The van der Waals surface area contributed by atoms with Gasteiger partial charge in [0.25, 0.3) is 0 Å². The summed E-state index contributed by atoms with van der Waals surface area (Å²) in [4.78, 5) is 4.28. The second kappa shape index (κ2) is 5.88. The van der Waals surface area contributed by atoms with Gasteiger partial charge in [0.15, 0.2) is 5.11 Å². The van der Waals surface area contributed by atoms with Crippen molar-refractivity contribution in [2.24, 2.45) is 10.8 Å². The number of nitrogens with zero attached hydrogens (tertiary/aromatic N) is 2. The van der Waals surface area contributed by atoms with Gasteiger partial charge >= 0.3 is 0 Å². The van der Waals surface area contributed by atoms with Crippen LogP contribution >= 0.6 is 12.2 Å². The van der Waals surface area contributed by atoms with Crippen molar-refractivity contribution < 1.29 is 0 Å². The third-order valence-corrected chi connectivity index (χ3v) is 2.35. The highest BCUT2D eigenvalue weighted by Crippen LogP contribution is 2.15. The number of pyridine rings is 1. The lowest BCUT2D eigenvalue weighted by atomic mass is 10.1. The van der Waals surface area contributed by atoms with Crippen LogP contribution in [0.15, 0.2) is 53.8 Å². The summed E-state index contributed by atoms with van der Waals surface area (Å²) in [6.45, 7) is 0. The highest BCUT2D eigenvalue weighted by atomic mass is 32.1.